The van der Waals surface area contributed by atoms with Gasteiger partial charge in [0.15, 0.2) is 11.6 Å². The van der Waals surface area contributed by atoms with Crippen LogP contribution in [0.2, 0.25) is 0 Å². The molecule has 3 aromatic rings. The van der Waals surface area contributed by atoms with Crippen LogP contribution in [0.5, 0.6) is 5.75 Å². The first-order chi connectivity index (χ1) is 16.7. The number of ether oxygens (including phenoxy) is 1. The van der Waals surface area contributed by atoms with E-state index in [1.807, 2.05) is 12.1 Å². The number of Topliss-reactive ketones (excluding diaryl/α,β-unsaturated/α-hetero) is 2. The van der Waals surface area contributed by atoms with Crippen LogP contribution in [-0.2, 0) is 10.2 Å². The average molecular weight is 494 g/mol. The first kappa shape index (κ1) is 26.6. The van der Waals surface area contributed by atoms with Crippen molar-refractivity contribution < 1.29 is 18.8 Å². The number of aryl methyl sites for hydroxylation is 1. The SMILES string of the molecule is CC(=O)c1conc1C.CCCCC(=O)C1=Cc2sccc2C1CC(C)(C)c1ccc(OC)cc1. The molecule has 0 spiro atoms. The number of benzene rings is 1. The number of allylic oxidation sites excluding steroid dienone is 1. The van der Waals surface area contributed by atoms with Crippen molar-refractivity contribution in [2.75, 3.05) is 7.11 Å². The summed E-state index contributed by atoms with van der Waals surface area (Å²) in [6.45, 7) is 9.90. The van der Waals surface area contributed by atoms with Crippen LogP contribution in [0.15, 0.2) is 52.1 Å². The number of rotatable bonds is 9. The van der Waals surface area contributed by atoms with Crippen LogP contribution in [0.4, 0.5) is 0 Å². The molecule has 1 unspecified atom stereocenters. The quantitative estimate of drug-likeness (QED) is 0.288. The first-order valence-electron chi connectivity index (χ1n) is 12.1. The van der Waals surface area contributed by atoms with Gasteiger partial charge >= 0.3 is 0 Å². The fourth-order valence-electron chi connectivity index (χ4n) is 4.42. The summed E-state index contributed by atoms with van der Waals surface area (Å²) in [7, 11) is 1.69. The van der Waals surface area contributed by atoms with Crippen molar-refractivity contribution >= 4 is 29.0 Å². The van der Waals surface area contributed by atoms with E-state index in [-0.39, 0.29) is 17.1 Å². The molecule has 0 fully saturated rings. The second kappa shape index (κ2) is 11.6. The molecule has 0 bridgehead atoms. The highest BCUT2D eigenvalue weighted by Crippen LogP contribution is 2.47. The molecule has 1 aromatic carbocycles. The van der Waals surface area contributed by atoms with Crippen molar-refractivity contribution in [3.63, 3.8) is 0 Å². The Labute approximate surface area is 212 Å². The van der Waals surface area contributed by atoms with Gasteiger partial charge in [-0.05, 0) is 72.9 Å². The second-order valence-electron chi connectivity index (χ2n) is 9.61. The Morgan fingerprint density at radius 1 is 1.17 bits per heavy atom. The topological polar surface area (TPSA) is 69.4 Å². The van der Waals surface area contributed by atoms with Crippen molar-refractivity contribution in [1.29, 1.82) is 0 Å². The Kier molecular flexibility index (Phi) is 8.84. The number of unbranched alkanes of at least 4 members (excludes halogenated alkanes) is 1. The number of ketones is 2. The Morgan fingerprint density at radius 3 is 2.43 bits per heavy atom. The van der Waals surface area contributed by atoms with Crippen LogP contribution in [0.1, 0.15) is 91.4 Å². The number of thiophene rings is 1. The molecule has 186 valence electrons. The summed E-state index contributed by atoms with van der Waals surface area (Å²) >= 11 is 1.74. The monoisotopic (exact) mass is 493 g/mol. The number of carbonyl (C=O) groups excluding carboxylic acids is 2. The Bertz CT molecular complexity index is 1180. The van der Waals surface area contributed by atoms with E-state index in [0.717, 1.165) is 30.6 Å². The van der Waals surface area contributed by atoms with Gasteiger partial charge in [0.05, 0.1) is 18.4 Å². The summed E-state index contributed by atoms with van der Waals surface area (Å²) in [5, 5.41) is 5.68. The summed E-state index contributed by atoms with van der Waals surface area (Å²) in [5.41, 5.74) is 4.82. The highest BCUT2D eigenvalue weighted by molar-refractivity contribution is 7.11. The minimum Gasteiger partial charge on any atom is -0.497 e. The minimum atomic E-state index is -0.0232. The van der Waals surface area contributed by atoms with Gasteiger partial charge in [0.25, 0.3) is 0 Å². The van der Waals surface area contributed by atoms with Crippen molar-refractivity contribution in [3.8, 4) is 5.75 Å². The molecule has 0 amide bonds. The van der Waals surface area contributed by atoms with E-state index >= 15 is 0 Å². The molecule has 1 aliphatic rings. The zero-order chi connectivity index (χ0) is 25.6. The summed E-state index contributed by atoms with van der Waals surface area (Å²) in [6.07, 6.45) is 7.13. The molecule has 0 saturated heterocycles. The van der Waals surface area contributed by atoms with Crippen molar-refractivity contribution in [3.05, 3.63) is 74.8 Å². The van der Waals surface area contributed by atoms with Gasteiger partial charge < -0.3 is 9.26 Å². The van der Waals surface area contributed by atoms with Gasteiger partial charge in [-0.25, -0.2) is 0 Å². The van der Waals surface area contributed by atoms with Gasteiger partial charge in [0.2, 0.25) is 0 Å². The van der Waals surface area contributed by atoms with E-state index in [0.29, 0.717) is 23.5 Å². The van der Waals surface area contributed by atoms with Crippen molar-refractivity contribution in [1.82, 2.24) is 5.16 Å². The van der Waals surface area contributed by atoms with Crippen molar-refractivity contribution in [2.45, 2.75) is 71.6 Å². The standard InChI is InChI=1S/C23H28O2S.C6H7NO2/c1-5-6-7-21(24)19-14-22-18(12-13-26-22)20(19)15-23(2,3)16-8-10-17(25-4)11-9-16;1-4-6(5(2)8)3-9-7-4/h8-14,20H,5-7,15H2,1-4H3;3H,1-2H3. The summed E-state index contributed by atoms with van der Waals surface area (Å²) in [6, 6.07) is 10.5. The molecule has 35 heavy (non-hydrogen) atoms. The van der Waals surface area contributed by atoms with E-state index in [4.69, 9.17) is 4.74 Å². The number of methoxy groups -OCH3 is 1. The molecule has 1 atom stereocenters. The Morgan fingerprint density at radius 2 is 1.89 bits per heavy atom. The predicted octanol–water partition coefficient (Wildman–Crippen LogP) is 7.55. The minimum absolute atomic E-state index is 0.00579. The highest BCUT2D eigenvalue weighted by atomic mass is 32.1. The highest BCUT2D eigenvalue weighted by Gasteiger charge is 2.35. The largest absolute Gasteiger partial charge is 0.497 e. The Balaban J connectivity index is 0.000000320. The molecule has 1 aliphatic carbocycles. The van der Waals surface area contributed by atoms with Crippen LogP contribution in [0, 0.1) is 6.92 Å². The van der Waals surface area contributed by atoms with Gasteiger partial charge in [0, 0.05) is 22.8 Å². The summed E-state index contributed by atoms with van der Waals surface area (Å²) in [5.74, 6) is 1.40. The van der Waals surface area contributed by atoms with Crippen LogP contribution in [0.3, 0.4) is 0 Å². The van der Waals surface area contributed by atoms with Crippen LogP contribution in [-0.4, -0.2) is 23.8 Å². The fraction of sp³-hybridized carbons (Fsp3) is 0.414. The lowest BCUT2D eigenvalue weighted by Gasteiger charge is -2.30. The van der Waals surface area contributed by atoms with Crippen LogP contribution in [0.25, 0.3) is 6.08 Å². The molecule has 0 saturated carbocycles. The number of hydrogen-bond acceptors (Lipinski definition) is 6. The molecule has 4 rings (SSSR count). The normalized spacial score (nSPS) is 14.6. The van der Waals surface area contributed by atoms with Crippen LogP contribution < -0.4 is 4.74 Å². The zero-order valence-corrected chi connectivity index (χ0v) is 22.3. The summed E-state index contributed by atoms with van der Waals surface area (Å²) < 4.78 is 9.82. The van der Waals surface area contributed by atoms with Crippen LogP contribution >= 0.6 is 11.3 Å². The molecule has 2 heterocycles. The van der Waals surface area contributed by atoms with E-state index in [1.54, 1.807) is 25.4 Å². The fourth-order valence-corrected chi connectivity index (χ4v) is 5.33. The van der Waals surface area contributed by atoms with Crippen molar-refractivity contribution in [2.24, 2.45) is 0 Å². The van der Waals surface area contributed by atoms with Gasteiger partial charge in [-0.1, -0.05) is 44.5 Å². The van der Waals surface area contributed by atoms with E-state index in [2.05, 4.69) is 60.1 Å². The second-order valence-corrected chi connectivity index (χ2v) is 10.6. The number of carbonyl (C=O) groups is 2. The van der Waals surface area contributed by atoms with E-state index in [9.17, 15) is 9.59 Å². The summed E-state index contributed by atoms with van der Waals surface area (Å²) in [4.78, 5) is 24.7. The third-order valence-electron chi connectivity index (χ3n) is 6.56. The number of nitrogens with zero attached hydrogens (tertiary/aromatic N) is 1. The molecule has 6 heteroatoms. The van der Waals surface area contributed by atoms with Gasteiger partial charge in [0.1, 0.15) is 12.0 Å². The predicted molar refractivity (Wildman–Crippen MR) is 141 cm³/mol. The molecule has 5 nitrogen and oxygen atoms in total. The third kappa shape index (κ3) is 6.37. The lowest BCUT2D eigenvalue weighted by atomic mass is 9.73. The van der Waals surface area contributed by atoms with E-state index < -0.39 is 0 Å². The number of aromatic nitrogens is 1. The van der Waals surface area contributed by atoms with Gasteiger partial charge in [-0.15, -0.1) is 11.3 Å². The molecule has 2 aromatic heterocycles. The number of hydrogen-bond donors (Lipinski definition) is 0. The van der Waals surface area contributed by atoms with E-state index in [1.165, 1.54) is 29.2 Å². The van der Waals surface area contributed by atoms with Gasteiger partial charge in [-0.2, -0.15) is 0 Å². The molecule has 0 N–H and O–H groups in total. The zero-order valence-electron chi connectivity index (χ0n) is 21.5. The smallest absolute Gasteiger partial charge is 0.164 e. The maximum atomic E-state index is 12.8. The van der Waals surface area contributed by atoms with Gasteiger partial charge in [-0.3, -0.25) is 9.59 Å². The molecule has 0 radical (unpaired) electrons. The maximum Gasteiger partial charge on any atom is 0.164 e. The lowest BCUT2D eigenvalue weighted by Crippen LogP contribution is -2.22. The Hall–Kier alpha value is -2.99. The number of fused-ring (bicyclic) bond motifs is 1. The first-order valence-corrected chi connectivity index (χ1v) is 12.9. The molecule has 0 aliphatic heterocycles. The molecular formula is C29H35NO4S. The lowest BCUT2D eigenvalue weighted by molar-refractivity contribution is -0.115. The molecular weight excluding hydrogens is 458 g/mol. The average Bonchev–Trinajstić information content (AvgIpc) is 3.55. The maximum absolute atomic E-state index is 12.8. The third-order valence-corrected chi connectivity index (χ3v) is 7.44.